The van der Waals surface area contributed by atoms with Crippen molar-refractivity contribution in [3.63, 3.8) is 0 Å². The maximum atomic E-state index is 13.3. The van der Waals surface area contributed by atoms with Gasteiger partial charge in [0.25, 0.3) is 11.8 Å². The molecule has 1 aliphatic carbocycles. The molecule has 10 rings (SSSR count). The zero-order chi connectivity index (χ0) is 43.4. The normalized spacial score (nSPS) is 20.3. The molecule has 318 valence electrons. The number of aromatic nitrogens is 3. The lowest BCUT2D eigenvalue weighted by Crippen LogP contribution is -2.54. The first kappa shape index (κ1) is 40.1. The van der Waals surface area contributed by atoms with E-state index < -0.39 is 35.3 Å². The van der Waals surface area contributed by atoms with E-state index in [9.17, 15) is 19.2 Å². The summed E-state index contributed by atoms with van der Waals surface area (Å²) >= 11 is 0. The molecule has 13 nitrogen and oxygen atoms in total. The molecule has 0 spiro atoms. The Labute approximate surface area is 364 Å². The highest BCUT2D eigenvalue weighted by Gasteiger charge is 2.45. The molecule has 4 amide bonds. The molecule has 1 saturated carbocycles. The SMILES string of the molecule is Cn1c2ccncc2c2ccc(-c3ccc(OC4CC(OC5CCN(c6cccc(C#CC(C)(C)Oc7ccc8c(c7)C(=O)N(C7CCC(=O)NC7=O)C8=O)c6)CC5)C4)nc3)cc21. The van der Waals surface area contributed by atoms with Gasteiger partial charge < -0.3 is 23.7 Å². The summed E-state index contributed by atoms with van der Waals surface area (Å²) in [5, 5.41) is 4.56. The van der Waals surface area contributed by atoms with E-state index in [1.165, 1.54) is 17.5 Å². The van der Waals surface area contributed by atoms with Crippen LogP contribution in [0.2, 0.25) is 0 Å². The number of amides is 4. The second-order valence-corrected chi connectivity index (χ2v) is 17.3. The van der Waals surface area contributed by atoms with Crippen molar-refractivity contribution in [3.05, 3.63) is 114 Å². The van der Waals surface area contributed by atoms with Crippen LogP contribution >= 0.6 is 0 Å². The van der Waals surface area contributed by atoms with E-state index in [0.717, 1.165) is 82.5 Å². The highest BCUT2D eigenvalue weighted by molar-refractivity contribution is 6.23. The number of hydrogen-bond donors (Lipinski definition) is 1. The molecule has 63 heavy (non-hydrogen) atoms. The Kier molecular flexibility index (Phi) is 10.2. The number of rotatable bonds is 9. The van der Waals surface area contributed by atoms with Gasteiger partial charge in [0, 0.05) is 97.2 Å². The minimum atomic E-state index is -1.03. The average molecular weight is 843 g/mol. The van der Waals surface area contributed by atoms with Gasteiger partial charge in [-0.1, -0.05) is 30.0 Å². The molecule has 2 saturated heterocycles. The molecule has 1 N–H and O–H groups in total. The molecule has 1 unspecified atom stereocenters. The zero-order valence-electron chi connectivity index (χ0n) is 35.3. The minimum absolute atomic E-state index is 0.0573. The van der Waals surface area contributed by atoms with Gasteiger partial charge in [0.15, 0.2) is 5.60 Å². The van der Waals surface area contributed by atoms with Gasteiger partial charge in [-0.05, 0) is 93.3 Å². The van der Waals surface area contributed by atoms with E-state index in [-0.39, 0.29) is 42.3 Å². The quantitative estimate of drug-likeness (QED) is 0.119. The first-order chi connectivity index (χ1) is 30.5. The third-order valence-electron chi connectivity index (χ3n) is 12.5. The number of anilines is 1. The number of benzene rings is 3. The summed E-state index contributed by atoms with van der Waals surface area (Å²) in [7, 11) is 2.09. The van der Waals surface area contributed by atoms with E-state index in [1.807, 2.05) is 56.7 Å². The Hall–Kier alpha value is -7.04. The van der Waals surface area contributed by atoms with Crippen LogP contribution in [0, 0.1) is 11.8 Å². The van der Waals surface area contributed by atoms with E-state index in [1.54, 1.807) is 6.07 Å². The molecular weight excluding hydrogens is 797 g/mol. The Balaban J connectivity index is 0.687. The fraction of sp³-hybridized carbons (Fsp3) is 0.320. The predicted molar refractivity (Wildman–Crippen MR) is 236 cm³/mol. The molecule has 0 radical (unpaired) electrons. The average Bonchev–Trinajstić information content (AvgIpc) is 3.70. The first-order valence-electron chi connectivity index (χ1n) is 21.5. The van der Waals surface area contributed by atoms with Gasteiger partial charge in [-0.25, -0.2) is 4.98 Å². The first-order valence-corrected chi connectivity index (χ1v) is 21.5. The van der Waals surface area contributed by atoms with E-state index in [2.05, 4.69) is 80.0 Å². The second-order valence-electron chi connectivity index (χ2n) is 17.3. The Morgan fingerprint density at radius 3 is 2.38 bits per heavy atom. The molecule has 3 aliphatic heterocycles. The standard InChI is InChI=1S/C50H46N6O7/c1-50(2,63-35-9-11-39-40(27-35)49(60)56(48(39)59)43-12-13-45(57)53-47(43)58)19-15-30-5-4-6-33(23-30)55-21-17-34(18-22-55)61-36-25-37(26-36)62-46-14-8-32(28-52-46)31-7-10-38-41-29-51-20-16-42(41)54(3)44(38)24-31/h4-11,14,16,20,23-24,27-29,34,36-37,43H,12-13,17-18,21-22,25-26H2,1-3H3,(H,53,57,58). The summed E-state index contributed by atoms with van der Waals surface area (Å²) in [5.41, 5.74) is 5.83. The third kappa shape index (κ3) is 7.87. The number of ether oxygens (including phenoxy) is 3. The van der Waals surface area contributed by atoms with Gasteiger partial charge in [0.1, 0.15) is 17.9 Å². The molecule has 6 aromatic rings. The van der Waals surface area contributed by atoms with Crippen LogP contribution in [-0.4, -0.2) is 86.1 Å². The zero-order valence-corrected chi connectivity index (χ0v) is 35.3. The van der Waals surface area contributed by atoms with Crippen LogP contribution in [-0.2, 0) is 21.4 Å². The molecular formula is C50H46N6O7. The molecule has 1 atom stereocenters. The number of aryl methyl sites for hydroxylation is 1. The monoisotopic (exact) mass is 842 g/mol. The summed E-state index contributed by atoms with van der Waals surface area (Å²) in [5.74, 6) is 5.26. The second kappa shape index (κ2) is 16.0. The van der Waals surface area contributed by atoms with E-state index in [4.69, 9.17) is 14.2 Å². The number of carbonyl (C=O) groups is 4. The van der Waals surface area contributed by atoms with Crippen molar-refractivity contribution in [1.29, 1.82) is 0 Å². The molecule has 13 heteroatoms. The number of imide groups is 2. The fourth-order valence-electron chi connectivity index (χ4n) is 9.11. The summed E-state index contributed by atoms with van der Waals surface area (Å²) in [6, 6.07) is 24.4. The number of carbonyl (C=O) groups excluding carboxylic acids is 4. The van der Waals surface area contributed by atoms with Crippen LogP contribution in [0.3, 0.4) is 0 Å². The maximum absolute atomic E-state index is 13.3. The van der Waals surface area contributed by atoms with Gasteiger partial charge >= 0.3 is 0 Å². The van der Waals surface area contributed by atoms with Crippen LogP contribution in [0.5, 0.6) is 11.6 Å². The number of nitrogens with one attached hydrogen (secondary N) is 1. The predicted octanol–water partition coefficient (Wildman–Crippen LogP) is 6.99. The van der Waals surface area contributed by atoms with Gasteiger partial charge in [0.2, 0.25) is 17.7 Å². The van der Waals surface area contributed by atoms with Gasteiger partial charge in [-0.3, -0.25) is 34.4 Å². The van der Waals surface area contributed by atoms with Crippen molar-refractivity contribution in [2.45, 2.75) is 82.3 Å². The highest BCUT2D eigenvalue weighted by atomic mass is 16.5. The Morgan fingerprint density at radius 1 is 0.778 bits per heavy atom. The van der Waals surface area contributed by atoms with Crippen molar-refractivity contribution >= 4 is 51.1 Å². The van der Waals surface area contributed by atoms with Crippen LogP contribution in [0.1, 0.15) is 78.7 Å². The fourth-order valence-corrected chi connectivity index (χ4v) is 9.11. The van der Waals surface area contributed by atoms with Crippen LogP contribution < -0.4 is 19.7 Å². The third-order valence-corrected chi connectivity index (χ3v) is 12.5. The molecule has 6 heterocycles. The largest absolute Gasteiger partial charge is 0.475 e. The highest BCUT2D eigenvalue weighted by Crippen LogP contribution is 2.35. The van der Waals surface area contributed by atoms with Gasteiger partial charge in [-0.15, -0.1) is 0 Å². The van der Waals surface area contributed by atoms with E-state index >= 15 is 0 Å². The molecule has 4 aliphatic rings. The van der Waals surface area contributed by atoms with Crippen LogP contribution in [0.4, 0.5) is 5.69 Å². The number of piperidine rings is 2. The smallest absolute Gasteiger partial charge is 0.262 e. The lowest BCUT2D eigenvalue weighted by Gasteiger charge is -2.40. The number of pyridine rings is 2. The van der Waals surface area contributed by atoms with Crippen molar-refractivity contribution in [3.8, 4) is 34.6 Å². The number of hydrogen-bond acceptors (Lipinski definition) is 10. The lowest BCUT2D eigenvalue weighted by atomic mass is 9.91. The molecule has 0 bridgehead atoms. The topological polar surface area (TPSA) is 145 Å². The minimum Gasteiger partial charge on any atom is -0.475 e. The molecule has 3 aromatic carbocycles. The van der Waals surface area contributed by atoms with Crippen molar-refractivity contribution in [2.75, 3.05) is 18.0 Å². The summed E-state index contributed by atoms with van der Waals surface area (Å²) in [6.07, 6.45) is 9.84. The summed E-state index contributed by atoms with van der Waals surface area (Å²) in [6.45, 7) is 5.43. The summed E-state index contributed by atoms with van der Waals surface area (Å²) < 4.78 is 21.2. The Morgan fingerprint density at radius 2 is 1.59 bits per heavy atom. The van der Waals surface area contributed by atoms with Crippen molar-refractivity contribution < 1.29 is 33.4 Å². The van der Waals surface area contributed by atoms with Gasteiger partial charge in [0.05, 0.1) is 28.9 Å². The number of nitrogens with zero attached hydrogens (tertiary/aromatic N) is 5. The van der Waals surface area contributed by atoms with Gasteiger partial charge in [-0.2, -0.15) is 0 Å². The van der Waals surface area contributed by atoms with Crippen LogP contribution in [0.25, 0.3) is 32.9 Å². The number of fused-ring (bicyclic) bond motifs is 4. The maximum Gasteiger partial charge on any atom is 0.262 e. The van der Waals surface area contributed by atoms with Crippen LogP contribution in [0.15, 0.2) is 97.5 Å². The lowest BCUT2D eigenvalue weighted by molar-refractivity contribution is -0.136. The molecule has 3 aromatic heterocycles. The van der Waals surface area contributed by atoms with E-state index in [0.29, 0.717) is 11.6 Å². The molecule has 3 fully saturated rings. The van der Waals surface area contributed by atoms with Crippen molar-refractivity contribution in [1.82, 2.24) is 24.8 Å². The van der Waals surface area contributed by atoms with Crippen molar-refractivity contribution in [2.24, 2.45) is 7.05 Å². The Bertz CT molecular complexity index is 2880. The summed E-state index contributed by atoms with van der Waals surface area (Å²) in [4.78, 5) is 62.7.